The van der Waals surface area contributed by atoms with Gasteiger partial charge in [0, 0.05) is 12.6 Å². The molecule has 0 aromatic heterocycles. The summed E-state index contributed by atoms with van der Waals surface area (Å²) in [7, 11) is 0. The number of hydrogen-bond acceptors (Lipinski definition) is 2. The van der Waals surface area contributed by atoms with E-state index < -0.39 is 0 Å². The third-order valence-electron chi connectivity index (χ3n) is 2.62. The Kier molecular flexibility index (Phi) is 2.39. The van der Waals surface area contributed by atoms with Gasteiger partial charge in [-0.3, -0.25) is 0 Å². The van der Waals surface area contributed by atoms with Crippen LogP contribution in [0, 0.1) is 0 Å². The molecule has 1 aliphatic heterocycles. The summed E-state index contributed by atoms with van der Waals surface area (Å²) >= 11 is 0. The van der Waals surface area contributed by atoms with Crippen molar-refractivity contribution >= 4 is 6.03 Å². The van der Waals surface area contributed by atoms with E-state index in [2.05, 4.69) is 5.32 Å². The quantitative estimate of drug-likeness (QED) is 0.682. The third kappa shape index (κ3) is 2.38. The van der Waals surface area contributed by atoms with Crippen molar-refractivity contribution in [2.24, 2.45) is 0 Å². The molecule has 0 spiro atoms. The van der Waals surface area contributed by atoms with E-state index in [0.717, 1.165) is 12.8 Å². The molecule has 1 saturated carbocycles. The lowest BCUT2D eigenvalue weighted by Crippen LogP contribution is -2.53. The van der Waals surface area contributed by atoms with Crippen LogP contribution >= 0.6 is 0 Å². The zero-order chi connectivity index (χ0) is 10.2. The molecule has 4 nitrogen and oxygen atoms in total. The molecule has 0 radical (unpaired) electrons. The van der Waals surface area contributed by atoms with Crippen LogP contribution in [-0.4, -0.2) is 42.3 Å². The number of rotatable bonds is 1. The molecular weight excluding hydrogens is 180 g/mol. The largest absolute Gasteiger partial charge is 0.372 e. The van der Waals surface area contributed by atoms with Gasteiger partial charge in [0.15, 0.2) is 0 Å². The molecule has 0 bridgehead atoms. The van der Waals surface area contributed by atoms with Gasteiger partial charge >= 0.3 is 6.03 Å². The first-order valence-electron chi connectivity index (χ1n) is 5.26. The van der Waals surface area contributed by atoms with Crippen molar-refractivity contribution in [1.82, 2.24) is 10.2 Å². The zero-order valence-corrected chi connectivity index (χ0v) is 8.88. The summed E-state index contributed by atoms with van der Waals surface area (Å²) in [5.74, 6) is 0. The maximum Gasteiger partial charge on any atom is 0.317 e. The van der Waals surface area contributed by atoms with Crippen molar-refractivity contribution in [2.75, 3.05) is 19.7 Å². The number of hydrogen-bond donors (Lipinski definition) is 1. The van der Waals surface area contributed by atoms with E-state index in [-0.39, 0.29) is 11.6 Å². The lowest BCUT2D eigenvalue weighted by molar-refractivity contribution is -0.0733. The van der Waals surface area contributed by atoms with E-state index in [1.165, 1.54) is 0 Å². The number of amides is 2. The Labute approximate surface area is 84.6 Å². The average Bonchev–Trinajstić information content (AvgIpc) is 2.86. The second-order valence-electron chi connectivity index (χ2n) is 4.75. The summed E-state index contributed by atoms with van der Waals surface area (Å²) in [4.78, 5) is 13.5. The van der Waals surface area contributed by atoms with Crippen LogP contribution in [0.1, 0.15) is 26.7 Å². The fourth-order valence-corrected chi connectivity index (χ4v) is 1.68. The molecule has 80 valence electrons. The summed E-state index contributed by atoms with van der Waals surface area (Å²) in [6, 6.07) is 0.511. The van der Waals surface area contributed by atoms with Crippen LogP contribution < -0.4 is 5.32 Å². The van der Waals surface area contributed by atoms with E-state index in [4.69, 9.17) is 4.74 Å². The molecule has 0 aromatic carbocycles. The molecule has 0 aromatic rings. The normalized spacial score (nSPS) is 26.0. The van der Waals surface area contributed by atoms with Crippen molar-refractivity contribution in [1.29, 1.82) is 0 Å². The lowest BCUT2D eigenvalue weighted by atomic mass is 10.1. The third-order valence-corrected chi connectivity index (χ3v) is 2.62. The van der Waals surface area contributed by atoms with Crippen LogP contribution in [0.15, 0.2) is 0 Å². The van der Waals surface area contributed by atoms with Gasteiger partial charge in [-0.15, -0.1) is 0 Å². The molecule has 14 heavy (non-hydrogen) atoms. The molecule has 4 heteroatoms. The van der Waals surface area contributed by atoms with Gasteiger partial charge in [0.1, 0.15) is 0 Å². The van der Waals surface area contributed by atoms with Gasteiger partial charge in [0.05, 0.1) is 18.8 Å². The van der Waals surface area contributed by atoms with Gasteiger partial charge < -0.3 is 15.0 Å². The topological polar surface area (TPSA) is 41.6 Å². The molecule has 2 aliphatic rings. The van der Waals surface area contributed by atoms with Crippen LogP contribution in [0.25, 0.3) is 0 Å². The van der Waals surface area contributed by atoms with E-state index >= 15 is 0 Å². The first-order chi connectivity index (χ1) is 6.57. The number of carbonyl (C=O) groups is 1. The summed E-state index contributed by atoms with van der Waals surface area (Å²) in [6.07, 6.45) is 2.28. The van der Waals surface area contributed by atoms with Gasteiger partial charge in [-0.1, -0.05) is 0 Å². The number of nitrogens with zero attached hydrogens (tertiary/aromatic N) is 1. The molecule has 2 fully saturated rings. The van der Waals surface area contributed by atoms with Crippen LogP contribution in [0.5, 0.6) is 0 Å². The van der Waals surface area contributed by atoms with Crippen LogP contribution in [-0.2, 0) is 4.74 Å². The van der Waals surface area contributed by atoms with E-state index in [1.54, 1.807) is 0 Å². The molecule has 1 N–H and O–H groups in total. The first kappa shape index (κ1) is 9.77. The van der Waals surface area contributed by atoms with Gasteiger partial charge in [0.2, 0.25) is 0 Å². The molecule has 1 heterocycles. The number of urea groups is 1. The first-order valence-corrected chi connectivity index (χ1v) is 5.26. The predicted molar refractivity (Wildman–Crippen MR) is 53.2 cm³/mol. The molecule has 1 saturated heterocycles. The van der Waals surface area contributed by atoms with Gasteiger partial charge in [0.25, 0.3) is 0 Å². The summed E-state index contributed by atoms with van der Waals surface area (Å²) in [5, 5.41) is 2.99. The average molecular weight is 198 g/mol. The summed E-state index contributed by atoms with van der Waals surface area (Å²) in [6.45, 7) is 6.08. The van der Waals surface area contributed by atoms with E-state index in [0.29, 0.717) is 25.7 Å². The van der Waals surface area contributed by atoms with Crippen molar-refractivity contribution in [3.63, 3.8) is 0 Å². The molecule has 2 rings (SSSR count). The highest BCUT2D eigenvalue weighted by atomic mass is 16.5. The lowest BCUT2D eigenvalue weighted by Gasteiger charge is -2.38. The minimum absolute atomic E-state index is 0.0730. The maximum absolute atomic E-state index is 11.7. The van der Waals surface area contributed by atoms with E-state index in [9.17, 15) is 4.79 Å². The van der Waals surface area contributed by atoms with Gasteiger partial charge in [-0.05, 0) is 26.7 Å². The standard InChI is InChI=1S/C10H18N2O2/c1-10(2)7-12(5-6-14-10)9(13)11-8-3-4-8/h8H,3-7H2,1-2H3,(H,11,13). The molecule has 0 unspecified atom stereocenters. The summed E-state index contributed by atoms with van der Waals surface area (Å²) in [5.41, 5.74) is -0.195. The van der Waals surface area contributed by atoms with Crippen molar-refractivity contribution in [3.8, 4) is 0 Å². The Bertz CT molecular complexity index is 236. The molecular formula is C10H18N2O2. The summed E-state index contributed by atoms with van der Waals surface area (Å²) < 4.78 is 5.54. The van der Waals surface area contributed by atoms with Crippen molar-refractivity contribution in [2.45, 2.75) is 38.3 Å². The Morgan fingerprint density at radius 2 is 2.21 bits per heavy atom. The molecule has 2 amide bonds. The Balaban J connectivity index is 1.86. The van der Waals surface area contributed by atoms with Gasteiger partial charge in [-0.25, -0.2) is 4.79 Å². The number of ether oxygens (including phenoxy) is 1. The van der Waals surface area contributed by atoms with E-state index in [1.807, 2.05) is 18.7 Å². The second kappa shape index (κ2) is 3.42. The second-order valence-corrected chi connectivity index (χ2v) is 4.75. The fraction of sp³-hybridized carbons (Fsp3) is 0.900. The molecule has 0 atom stereocenters. The highest BCUT2D eigenvalue weighted by Crippen LogP contribution is 2.20. The minimum atomic E-state index is -0.195. The number of carbonyl (C=O) groups excluding carboxylic acids is 1. The highest BCUT2D eigenvalue weighted by Gasteiger charge is 2.32. The highest BCUT2D eigenvalue weighted by molar-refractivity contribution is 5.75. The van der Waals surface area contributed by atoms with Crippen LogP contribution in [0.3, 0.4) is 0 Å². The zero-order valence-electron chi connectivity index (χ0n) is 8.88. The van der Waals surface area contributed by atoms with Crippen molar-refractivity contribution < 1.29 is 9.53 Å². The monoisotopic (exact) mass is 198 g/mol. The Hall–Kier alpha value is -0.770. The molecule has 1 aliphatic carbocycles. The van der Waals surface area contributed by atoms with Crippen molar-refractivity contribution in [3.05, 3.63) is 0 Å². The number of nitrogens with one attached hydrogen (secondary N) is 1. The fourth-order valence-electron chi connectivity index (χ4n) is 1.68. The number of morpholine rings is 1. The van der Waals surface area contributed by atoms with Gasteiger partial charge in [-0.2, -0.15) is 0 Å². The van der Waals surface area contributed by atoms with Crippen LogP contribution in [0.4, 0.5) is 4.79 Å². The Morgan fingerprint density at radius 1 is 1.50 bits per heavy atom. The SMILES string of the molecule is CC1(C)CN(C(=O)NC2CC2)CCO1. The Morgan fingerprint density at radius 3 is 2.79 bits per heavy atom. The predicted octanol–water partition coefficient (Wildman–Crippen LogP) is 0.969. The smallest absolute Gasteiger partial charge is 0.317 e. The minimum Gasteiger partial charge on any atom is -0.372 e. The maximum atomic E-state index is 11.7. The van der Waals surface area contributed by atoms with Crippen LogP contribution in [0.2, 0.25) is 0 Å².